The van der Waals surface area contributed by atoms with Crippen LogP contribution in [0, 0.1) is 58.7 Å². The first-order valence-electron chi connectivity index (χ1n) is 30.2. The first-order valence-corrected chi connectivity index (χ1v) is 30.2. The fourth-order valence-electron chi connectivity index (χ4n) is 5.06. The number of fused-ring (bicyclic) bond motifs is 4. The van der Waals surface area contributed by atoms with Crippen LogP contribution in [-0.2, 0) is 0 Å². The number of hydrogen-bond acceptors (Lipinski definition) is 3. The molecule has 5 aromatic carbocycles. The quantitative estimate of drug-likeness (QED) is 0.176. The van der Waals surface area contributed by atoms with Crippen molar-refractivity contribution in [1.82, 2.24) is 0 Å². The average molecular weight is 1130 g/mol. The molecule has 83 heavy (non-hydrogen) atoms. The van der Waals surface area contributed by atoms with Gasteiger partial charge in [0.15, 0.2) is 0 Å². The number of nitriles is 1. The molecular formula is C75H115N8-5. The fraction of sp³-hybridized carbons (Fsp3) is 0.480. The zero-order valence-electron chi connectivity index (χ0n) is 57.2. The number of rotatable bonds is 3. The third kappa shape index (κ3) is 52.9. The van der Waals surface area contributed by atoms with Crippen molar-refractivity contribution in [3.63, 3.8) is 0 Å². The Kier molecular flexibility index (Phi) is 49.5. The molecule has 3 aliphatic rings. The Bertz CT molecular complexity index is 2370. The second-order valence-corrected chi connectivity index (χ2v) is 25.5. The lowest BCUT2D eigenvalue weighted by molar-refractivity contribution is 0.736. The summed E-state index contributed by atoms with van der Waals surface area (Å²) in [5, 5.41) is 48.2. The second kappa shape index (κ2) is 49.7. The number of hydrogen-bond donors (Lipinski definition) is 1. The highest BCUT2D eigenvalue weighted by molar-refractivity contribution is 6.09. The van der Waals surface area contributed by atoms with Crippen LogP contribution >= 0.6 is 0 Å². The second-order valence-electron chi connectivity index (χ2n) is 25.5. The maximum Gasteiger partial charge on any atom is 0.0991 e. The van der Waals surface area contributed by atoms with E-state index in [9.17, 15) is 0 Å². The molecule has 1 aliphatic carbocycles. The first kappa shape index (κ1) is 82.6. The van der Waals surface area contributed by atoms with Crippen molar-refractivity contribution in [3.8, 4) is 6.07 Å². The van der Waals surface area contributed by atoms with E-state index < -0.39 is 0 Å². The van der Waals surface area contributed by atoms with Gasteiger partial charge in [-0.2, -0.15) is 22.4 Å². The van der Waals surface area contributed by atoms with E-state index in [0.29, 0.717) is 5.56 Å². The third-order valence-electron chi connectivity index (χ3n) is 7.85. The van der Waals surface area contributed by atoms with Gasteiger partial charge < -0.3 is 32.2 Å². The molecule has 0 fully saturated rings. The molecule has 2 aliphatic heterocycles. The van der Waals surface area contributed by atoms with E-state index in [1.54, 1.807) is 69.3 Å². The van der Waals surface area contributed by atoms with Gasteiger partial charge in [0.1, 0.15) is 0 Å². The molecular weight excluding hydrogens is 1010 g/mol. The number of benzene rings is 5. The first-order chi connectivity index (χ1) is 38.6. The maximum absolute atomic E-state index is 9.10. The summed E-state index contributed by atoms with van der Waals surface area (Å²) in [6.07, 6.45) is 8.10. The van der Waals surface area contributed by atoms with Crippen LogP contribution in [0.15, 0.2) is 151 Å². The van der Waals surface area contributed by atoms with E-state index in [4.69, 9.17) is 21.5 Å². The minimum atomic E-state index is 0.120. The summed E-state index contributed by atoms with van der Waals surface area (Å²) in [5.74, 6) is 6.67. The molecule has 1 N–H and O–H groups in total. The molecule has 8 nitrogen and oxygen atoms in total. The molecule has 0 saturated carbocycles. The van der Waals surface area contributed by atoms with E-state index in [0.717, 1.165) is 104 Å². The van der Waals surface area contributed by atoms with Crippen LogP contribution in [0.5, 0.6) is 0 Å². The van der Waals surface area contributed by atoms with Crippen LogP contribution in [-0.4, -0.2) is 28.9 Å². The minimum Gasteiger partial charge on any atom is -0.807 e. The van der Waals surface area contributed by atoms with Crippen molar-refractivity contribution in [2.24, 2.45) is 52.3 Å². The number of aliphatic imine (C=N–C) groups is 1. The van der Waals surface area contributed by atoms with Crippen molar-refractivity contribution in [2.75, 3.05) is 5.32 Å². The van der Waals surface area contributed by atoms with Crippen molar-refractivity contribution in [2.45, 2.75) is 193 Å². The fourth-order valence-corrected chi connectivity index (χ4v) is 5.06. The van der Waals surface area contributed by atoms with Crippen LogP contribution in [0.25, 0.3) is 26.9 Å². The predicted octanol–water partition coefficient (Wildman–Crippen LogP) is 25.0. The average Bonchev–Trinajstić information content (AvgIpc) is 3.46. The Morgan fingerprint density at radius 3 is 1.02 bits per heavy atom. The number of para-hydroxylation sites is 6. The monoisotopic (exact) mass is 1130 g/mol. The van der Waals surface area contributed by atoms with Crippen molar-refractivity contribution in [3.05, 3.63) is 195 Å². The summed E-state index contributed by atoms with van der Waals surface area (Å²) in [5.41, 5.74) is 10.9. The van der Waals surface area contributed by atoms with Crippen LogP contribution in [0.2, 0.25) is 0 Å². The van der Waals surface area contributed by atoms with E-state index in [1.165, 1.54) is 0 Å². The lowest BCUT2D eigenvalue weighted by atomic mass is 10.0. The van der Waals surface area contributed by atoms with Gasteiger partial charge in [-0.25, -0.2) is 0 Å². The summed E-state index contributed by atoms with van der Waals surface area (Å²) in [6.45, 7) is 56.9. The molecule has 460 valence electrons. The summed E-state index contributed by atoms with van der Waals surface area (Å²) >= 11 is 0. The number of anilines is 2. The molecule has 5 aromatic rings. The third-order valence-corrected chi connectivity index (χ3v) is 7.85. The topological polar surface area (TPSA) is 143 Å². The van der Waals surface area contributed by atoms with Crippen LogP contribution in [0.3, 0.4) is 0 Å². The van der Waals surface area contributed by atoms with E-state index in [1.807, 2.05) is 97.1 Å². The molecule has 0 saturated heterocycles. The van der Waals surface area contributed by atoms with Gasteiger partial charge in [0, 0.05) is 22.8 Å². The van der Waals surface area contributed by atoms with Crippen molar-refractivity contribution >= 4 is 57.0 Å². The molecule has 0 bridgehead atoms. The Morgan fingerprint density at radius 1 is 0.422 bits per heavy atom. The molecule has 0 radical (unpaired) electrons. The molecule has 0 aromatic heterocycles. The number of allylic oxidation sites excluding steroid dienone is 2. The summed E-state index contributed by atoms with van der Waals surface area (Å²) < 4.78 is 0. The van der Waals surface area contributed by atoms with E-state index >= 15 is 0 Å². The zero-order valence-corrected chi connectivity index (χ0v) is 57.2. The Balaban J connectivity index is -0.000000430. The highest BCUT2D eigenvalue weighted by Crippen LogP contribution is 2.46. The largest absolute Gasteiger partial charge is 0.807 e. The molecule has 2 heterocycles. The maximum atomic E-state index is 9.10. The molecule has 0 spiro atoms. The lowest BCUT2D eigenvalue weighted by Crippen LogP contribution is -2.18. The normalized spacial score (nSPS) is 11.7. The van der Waals surface area contributed by atoms with Crippen LogP contribution < -0.4 is 5.32 Å². The zero-order chi connectivity index (χ0) is 64.8. The number of nitrogens with zero attached hydrogens (tertiary/aromatic N) is 7. The highest BCUT2D eigenvalue weighted by atomic mass is 15.0. The SMILES string of the molecule is C1=CC2=Nc3ccccc3[N-]C2C=C1.CC(=[N-])c1ccc(C#N)cc1.CC(=[N-])c1ccc(C(C)=[N-])cc1.CC(C)C.CC(C)C.CC(C)C.CC(C)C.CC(C)C.CC(C)C.CC(C)C.CC(C)C.c1ccc2c(c1)[N-]c1ccccc1N2. The van der Waals surface area contributed by atoms with E-state index in [-0.39, 0.29) is 23.2 Å². The standard InChI is InChI=1S/2C12H9N2.C10H10N2.C9H7N2.8C4H10/c2*1-2-6-10-9(5-1)13-11-7-3-4-8-12(11)14-10;1-7(11)9-3-5-10(6-4-9)8(2)12;1-7(11)9-4-2-8(6-10)3-5-9;8*1-4(2)3/h1-8,13H;1-9H;3-6H,1-2H3;2-5H,1H3;8*4H,1-3H3/q2*-1;-2;-1;;;;;;;;. The van der Waals surface area contributed by atoms with Crippen molar-refractivity contribution in [1.29, 1.82) is 5.26 Å². The summed E-state index contributed by atoms with van der Waals surface area (Å²) in [6, 6.07) is 40.1. The molecule has 1 unspecified atom stereocenters. The lowest BCUT2D eigenvalue weighted by Gasteiger charge is -2.37. The van der Waals surface area contributed by atoms with E-state index in [2.05, 4.69) is 193 Å². The van der Waals surface area contributed by atoms with Gasteiger partial charge in [0.05, 0.1) is 11.6 Å². The summed E-state index contributed by atoms with van der Waals surface area (Å²) in [4.78, 5) is 4.55. The van der Waals surface area contributed by atoms with Crippen LogP contribution in [0.4, 0.5) is 34.1 Å². The van der Waals surface area contributed by atoms with Gasteiger partial charge in [0.2, 0.25) is 0 Å². The minimum absolute atomic E-state index is 0.120. The molecule has 8 heteroatoms. The molecule has 0 amide bonds. The summed E-state index contributed by atoms with van der Waals surface area (Å²) in [7, 11) is 0. The van der Waals surface area contributed by atoms with Gasteiger partial charge in [-0.1, -0.05) is 302 Å². The van der Waals surface area contributed by atoms with Gasteiger partial charge >= 0.3 is 0 Å². The highest BCUT2D eigenvalue weighted by Gasteiger charge is 2.10. The van der Waals surface area contributed by atoms with Crippen LogP contribution in [0.1, 0.15) is 209 Å². The Labute approximate surface area is 511 Å². The molecule has 8 rings (SSSR count). The number of nitrogens with one attached hydrogen (secondary N) is 1. The van der Waals surface area contributed by atoms with Gasteiger partial charge in [-0.3, -0.25) is 4.99 Å². The smallest absolute Gasteiger partial charge is 0.0991 e. The van der Waals surface area contributed by atoms with Gasteiger partial charge in [0.25, 0.3) is 0 Å². The Hall–Kier alpha value is -6.85. The Morgan fingerprint density at radius 2 is 0.711 bits per heavy atom. The van der Waals surface area contributed by atoms with Crippen molar-refractivity contribution < 1.29 is 0 Å². The predicted molar refractivity (Wildman–Crippen MR) is 379 cm³/mol. The molecule has 1 atom stereocenters. The van der Waals surface area contributed by atoms with Gasteiger partial charge in [-0.05, 0) is 100 Å². The van der Waals surface area contributed by atoms with Gasteiger partial charge in [-0.15, -0.1) is 17.1 Å².